The summed E-state index contributed by atoms with van der Waals surface area (Å²) in [6.07, 6.45) is 9.40. The maximum absolute atomic E-state index is 13.1. The van der Waals surface area contributed by atoms with Crippen molar-refractivity contribution in [2.75, 3.05) is 11.9 Å². The van der Waals surface area contributed by atoms with Gasteiger partial charge in [0.2, 0.25) is 5.91 Å². The van der Waals surface area contributed by atoms with Crippen molar-refractivity contribution >= 4 is 17.5 Å². The Kier molecular flexibility index (Phi) is 4.11. The van der Waals surface area contributed by atoms with Gasteiger partial charge in [-0.05, 0) is 75.0 Å². The fourth-order valence-electron chi connectivity index (χ4n) is 6.97. The highest BCUT2D eigenvalue weighted by molar-refractivity contribution is 5.95. The van der Waals surface area contributed by atoms with E-state index in [2.05, 4.69) is 17.0 Å². The van der Waals surface area contributed by atoms with Gasteiger partial charge in [0.1, 0.15) is 11.5 Å². The number of rotatable bonds is 6. The van der Waals surface area contributed by atoms with Crippen LogP contribution in [0.2, 0.25) is 0 Å². The summed E-state index contributed by atoms with van der Waals surface area (Å²) in [6, 6.07) is 2.55. The number of carbonyl (C=O) groups excluding carboxylic acids is 2. The van der Waals surface area contributed by atoms with Crippen molar-refractivity contribution < 1.29 is 9.59 Å². The number of nitrogens with zero attached hydrogens (tertiary/aromatic N) is 3. The van der Waals surface area contributed by atoms with Crippen molar-refractivity contribution in [2.45, 2.75) is 63.8 Å². The van der Waals surface area contributed by atoms with Gasteiger partial charge >= 0.3 is 0 Å². The van der Waals surface area contributed by atoms with Crippen molar-refractivity contribution in [3.8, 4) is 0 Å². The molecule has 0 aromatic carbocycles. The Balaban J connectivity index is 1.31. The predicted molar refractivity (Wildman–Crippen MR) is 107 cm³/mol. The van der Waals surface area contributed by atoms with Gasteiger partial charge in [0.25, 0.3) is 0 Å². The van der Waals surface area contributed by atoms with Gasteiger partial charge in [-0.2, -0.15) is 5.10 Å². The first kappa shape index (κ1) is 18.2. The van der Waals surface area contributed by atoms with Crippen LogP contribution in [-0.2, 0) is 11.8 Å². The first-order valence-corrected chi connectivity index (χ1v) is 11.0. The van der Waals surface area contributed by atoms with Crippen LogP contribution in [-0.4, -0.2) is 34.6 Å². The number of aryl methyl sites for hydroxylation is 1. The molecule has 0 aliphatic heterocycles. The third-order valence-corrected chi connectivity index (χ3v) is 8.54. The summed E-state index contributed by atoms with van der Waals surface area (Å²) in [5.41, 5.74) is 6.12. The van der Waals surface area contributed by atoms with E-state index in [1.165, 1.54) is 32.1 Å². The number of Topliss-reactive ketones (excluding diaryl/α,β-unsaturated/α-hetero) is 1. The maximum Gasteiger partial charge on any atom is 0.223 e. The zero-order valence-corrected chi connectivity index (χ0v) is 17.1. The molecular formula is C22H32N4O2. The normalized spacial score (nSPS) is 36.4. The summed E-state index contributed by atoms with van der Waals surface area (Å²) >= 11 is 0. The molecule has 28 heavy (non-hydrogen) atoms. The molecule has 1 amide bonds. The van der Waals surface area contributed by atoms with Crippen molar-refractivity contribution in [1.82, 2.24) is 9.78 Å². The molecule has 5 aliphatic carbocycles. The van der Waals surface area contributed by atoms with Crippen LogP contribution in [0.4, 0.5) is 5.82 Å². The van der Waals surface area contributed by atoms with Crippen LogP contribution in [0.25, 0.3) is 0 Å². The lowest BCUT2D eigenvalue weighted by Crippen LogP contribution is -2.56. The second-order valence-electron chi connectivity index (χ2n) is 10.1. The molecule has 2 atom stereocenters. The molecule has 0 radical (unpaired) electrons. The van der Waals surface area contributed by atoms with Gasteiger partial charge in [-0.25, -0.2) is 0 Å². The molecule has 1 aromatic rings. The van der Waals surface area contributed by atoms with Gasteiger partial charge in [0.05, 0.1) is 0 Å². The average Bonchev–Trinajstić information content (AvgIpc) is 2.97. The van der Waals surface area contributed by atoms with E-state index in [1.807, 2.05) is 17.8 Å². The number of amides is 1. The molecule has 6 nitrogen and oxygen atoms in total. The number of hydrogen-bond donors (Lipinski definition) is 1. The number of nitrogens with two attached hydrogens (primary N) is 1. The number of hydrogen-bond acceptors (Lipinski definition) is 4. The third kappa shape index (κ3) is 2.71. The second-order valence-corrected chi connectivity index (χ2v) is 10.1. The largest absolute Gasteiger partial charge is 0.369 e. The standard InChI is InChI=1S/C22H32N4O2/c1-25(16-4-3-5-16)20-9-18(24-26(20)2)19(27)8-17-14-6-13-7-15(17)12-22(10-13,11-14)21(23)28/h9,13-17H,3-8,10-12H2,1-2H3,(H2,23,28). The molecule has 4 bridgehead atoms. The lowest BCUT2D eigenvalue weighted by Gasteiger charge is -2.58. The number of ketones is 1. The molecular weight excluding hydrogens is 352 g/mol. The fraction of sp³-hybridized carbons (Fsp3) is 0.773. The van der Waals surface area contributed by atoms with Gasteiger partial charge in [-0.3, -0.25) is 14.3 Å². The number of anilines is 1. The van der Waals surface area contributed by atoms with E-state index in [0.717, 1.165) is 25.1 Å². The Labute approximate surface area is 166 Å². The summed E-state index contributed by atoms with van der Waals surface area (Å²) in [5.74, 6) is 3.07. The molecule has 2 N–H and O–H groups in total. The van der Waals surface area contributed by atoms with Crippen LogP contribution >= 0.6 is 0 Å². The van der Waals surface area contributed by atoms with Crippen LogP contribution in [0.5, 0.6) is 0 Å². The molecule has 5 saturated carbocycles. The molecule has 0 spiro atoms. The average molecular weight is 385 g/mol. The number of aromatic nitrogens is 2. The van der Waals surface area contributed by atoms with Crippen LogP contribution < -0.4 is 10.6 Å². The lowest BCUT2D eigenvalue weighted by atomic mass is 9.45. The van der Waals surface area contributed by atoms with Gasteiger partial charge in [-0.1, -0.05) is 0 Å². The van der Waals surface area contributed by atoms with Crippen molar-refractivity contribution in [3.05, 3.63) is 11.8 Å². The summed E-state index contributed by atoms with van der Waals surface area (Å²) in [6.45, 7) is 0. The van der Waals surface area contributed by atoms with Crippen molar-refractivity contribution in [3.63, 3.8) is 0 Å². The van der Waals surface area contributed by atoms with E-state index in [-0.39, 0.29) is 17.1 Å². The molecule has 2 unspecified atom stereocenters. The molecule has 0 saturated heterocycles. The molecule has 6 rings (SSSR count). The Morgan fingerprint density at radius 3 is 2.50 bits per heavy atom. The zero-order chi connectivity index (χ0) is 19.6. The topological polar surface area (TPSA) is 81.2 Å². The first-order valence-electron chi connectivity index (χ1n) is 11.0. The van der Waals surface area contributed by atoms with Crippen LogP contribution in [0.1, 0.15) is 68.3 Å². The monoisotopic (exact) mass is 384 g/mol. The lowest BCUT2D eigenvalue weighted by molar-refractivity contribution is -0.149. The Morgan fingerprint density at radius 1 is 1.25 bits per heavy atom. The van der Waals surface area contributed by atoms with Gasteiger partial charge in [0, 0.05) is 38.0 Å². The van der Waals surface area contributed by atoms with E-state index in [0.29, 0.717) is 41.8 Å². The summed E-state index contributed by atoms with van der Waals surface area (Å²) in [5, 5.41) is 4.55. The quantitative estimate of drug-likeness (QED) is 0.765. The van der Waals surface area contributed by atoms with Gasteiger partial charge in [-0.15, -0.1) is 0 Å². The summed E-state index contributed by atoms with van der Waals surface area (Å²) < 4.78 is 1.85. The highest BCUT2D eigenvalue weighted by atomic mass is 16.1. The zero-order valence-electron chi connectivity index (χ0n) is 17.1. The third-order valence-electron chi connectivity index (χ3n) is 8.54. The minimum absolute atomic E-state index is 0.106. The molecule has 5 aliphatic rings. The second kappa shape index (κ2) is 6.33. The molecule has 6 heteroatoms. The Hall–Kier alpha value is -1.85. The molecule has 1 heterocycles. The van der Waals surface area contributed by atoms with Gasteiger partial charge < -0.3 is 10.6 Å². The van der Waals surface area contributed by atoms with E-state index in [4.69, 9.17) is 5.73 Å². The summed E-state index contributed by atoms with van der Waals surface area (Å²) in [7, 11) is 4.04. The molecule has 1 aromatic heterocycles. The molecule has 152 valence electrons. The summed E-state index contributed by atoms with van der Waals surface area (Å²) in [4.78, 5) is 27.5. The van der Waals surface area contributed by atoms with Crippen molar-refractivity contribution in [2.24, 2.45) is 41.9 Å². The van der Waals surface area contributed by atoms with E-state index in [9.17, 15) is 9.59 Å². The Bertz CT molecular complexity index is 795. The van der Waals surface area contributed by atoms with Gasteiger partial charge in [0.15, 0.2) is 5.78 Å². The van der Waals surface area contributed by atoms with E-state index >= 15 is 0 Å². The van der Waals surface area contributed by atoms with Crippen LogP contribution in [0.15, 0.2) is 6.07 Å². The van der Waals surface area contributed by atoms with E-state index in [1.54, 1.807) is 0 Å². The van der Waals surface area contributed by atoms with Crippen molar-refractivity contribution in [1.29, 1.82) is 0 Å². The minimum atomic E-state index is -0.278. The minimum Gasteiger partial charge on any atom is -0.369 e. The number of primary amides is 1. The highest BCUT2D eigenvalue weighted by Gasteiger charge is 2.57. The maximum atomic E-state index is 13.1. The predicted octanol–water partition coefficient (Wildman–Crippen LogP) is 2.91. The molecule has 5 fully saturated rings. The number of carbonyl (C=O) groups is 2. The van der Waals surface area contributed by atoms with Crippen LogP contribution in [0.3, 0.4) is 0 Å². The fourth-order valence-corrected chi connectivity index (χ4v) is 6.97. The Morgan fingerprint density at radius 2 is 1.93 bits per heavy atom. The SMILES string of the molecule is CN(c1cc(C(=O)CC2C3CC4CC2CC(C(N)=O)(C4)C3)nn1C)C1CCC1. The smallest absolute Gasteiger partial charge is 0.223 e. The first-order chi connectivity index (χ1) is 13.4. The van der Waals surface area contributed by atoms with Crippen LogP contribution in [0, 0.1) is 29.1 Å². The van der Waals surface area contributed by atoms with E-state index < -0.39 is 0 Å². The highest BCUT2D eigenvalue weighted by Crippen LogP contribution is 2.62.